The first-order valence-corrected chi connectivity index (χ1v) is 8.12. The summed E-state index contributed by atoms with van der Waals surface area (Å²) in [6.45, 7) is 2.81. The molecular weight excluding hydrogens is 373 g/mol. The van der Waals surface area contributed by atoms with Crippen LogP contribution in [0.2, 0.25) is 0 Å². The average Bonchev–Trinajstić information content (AvgIpc) is 2.81. The fourth-order valence-corrected chi connectivity index (χ4v) is 3.33. The number of pyridine rings is 1. The van der Waals surface area contributed by atoms with E-state index in [0.717, 1.165) is 28.5 Å². The summed E-state index contributed by atoms with van der Waals surface area (Å²) in [7, 11) is 1.20. The Balaban J connectivity index is 2.28. The number of hydrogen-bond donors (Lipinski definition) is 1. The van der Waals surface area contributed by atoms with Crippen molar-refractivity contribution in [3.8, 4) is 0 Å². The Morgan fingerprint density at radius 1 is 1.31 bits per heavy atom. The number of anilines is 1. The van der Waals surface area contributed by atoms with Gasteiger partial charge in [0.2, 0.25) is 5.91 Å². The fraction of sp³-hybridized carbons (Fsp3) is 0.312. The van der Waals surface area contributed by atoms with Gasteiger partial charge in [-0.2, -0.15) is 13.2 Å². The lowest BCUT2D eigenvalue weighted by Gasteiger charge is -2.10. The maximum absolute atomic E-state index is 12.8. The van der Waals surface area contributed by atoms with Crippen molar-refractivity contribution < 1.29 is 27.5 Å². The van der Waals surface area contributed by atoms with E-state index >= 15 is 0 Å². The Kier molecular flexibility index (Phi) is 5.55. The van der Waals surface area contributed by atoms with E-state index < -0.39 is 35.7 Å². The number of nitrogens with zero attached hydrogens (tertiary/aromatic N) is 1. The number of hydrogen-bond acceptors (Lipinski definition) is 5. The molecule has 0 atom stereocenters. The number of aryl methyl sites for hydroxylation is 1. The minimum absolute atomic E-state index is 0.180. The molecule has 1 amide bonds. The van der Waals surface area contributed by atoms with Gasteiger partial charge in [0.1, 0.15) is 17.1 Å². The molecule has 2 heterocycles. The highest BCUT2D eigenvalue weighted by Crippen LogP contribution is 2.33. The number of methoxy groups -OCH3 is 1. The van der Waals surface area contributed by atoms with Gasteiger partial charge in [0.05, 0.1) is 12.7 Å². The van der Waals surface area contributed by atoms with Crippen LogP contribution in [0.15, 0.2) is 23.1 Å². The number of carbonyl (C=O) groups is 2. The van der Waals surface area contributed by atoms with Gasteiger partial charge < -0.3 is 14.6 Å². The molecular formula is C16H15F3N2O4S. The molecule has 140 valence electrons. The molecule has 6 nitrogen and oxygen atoms in total. The summed E-state index contributed by atoms with van der Waals surface area (Å²) in [6, 6.07) is 1.69. The van der Waals surface area contributed by atoms with E-state index in [-0.39, 0.29) is 10.6 Å². The molecule has 2 aromatic rings. The number of esters is 1. The van der Waals surface area contributed by atoms with Crippen molar-refractivity contribution in [3.05, 3.63) is 50.3 Å². The van der Waals surface area contributed by atoms with Crippen molar-refractivity contribution in [3.63, 3.8) is 0 Å². The second kappa shape index (κ2) is 7.32. The van der Waals surface area contributed by atoms with Crippen molar-refractivity contribution in [1.82, 2.24) is 4.57 Å². The predicted octanol–water partition coefficient (Wildman–Crippen LogP) is 2.97. The van der Waals surface area contributed by atoms with E-state index in [1.165, 1.54) is 7.11 Å². The van der Waals surface area contributed by atoms with Crippen LogP contribution in [0, 0.1) is 13.8 Å². The monoisotopic (exact) mass is 388 g/mol. The Hall–Kier alpha value is -2.62. The molecule has 26 heavy (non-hydrogen) atoms. The van der Waals surface area contributed by atoms with E-state index in [9.17, 15) is 27.6 Å². The molecule has 1 N–H and O–H groups in total. The normalized spacial score (nSPS) is 11.3. The third kappa shape index (κ3) is 3.96. The van der Waals surface area contributed by atoms with Crippen LogP contribution in [-0.4, -0.2) is 23.6 Å². The number of ether oxygens (including phenoxy) is 1. The molecule has 10 heteroatoms. The molecule has 0 unspecified atom stereocenters. The second-order valence-electron chi connectivity index (χ2n) is 5.38. The van der Waals surface area contributed by atoms with E-state index in [2.05, 4.69) is 10.1 Å². The first-order valence-electron chi connectivity index (χ1n) is 7.31. The van der Waals surface area contributed by atoms with Crippen LogP contribution in [0.4, 0.5) is 18.2 Å². The van der Waals surface area contributed by atoms with E-state index in [0.29, 0.717) is 16.2 Å². The zero-order chi connectivity index (χ0) is 19.6. The number of halogens is 3. The maximum Gasteiger partial charge on any atom is 0.421 e. The summed E-state index contributed by atoms with van der Waals surface area (Å²) >= 11 is 1.14. The second-order valence-corrected chi connectivity index (χ2v) is 6.60. The number of aromatic nitrogens is 1. The predicted molar refractivity (Wildman–Crippen MR) is 89.5 cm³/mol. The minimum Gasteiger partial charge on any atom is -0.465 e. The average molecular weight is 388 g/mol. The molecule has 0 saturated heterocycles. The van der Waals surface area contributed by atoms with Crippen molar-refractivity contribution in [2.24, 2.45) is 0 Å². The number of amides is 1. The van der Waals surface area contributed by atoms with Crippen molar-refractivity contribution in [1.29, 1.82) is 0 Å². The quantitative estimate of drug-likeness (QED) is 0.817. The van der Waals surface area contributed by atoms with Crippen LogP contribution in [0.25, 0.3) is 0 Å². The molecule has 0 saturated carbocycles. The molecule has 2 aromatic heterocycles. The molecule has 0 bridgehead atoms. The third-order valence-corrected chi connectivity index (χ3v) is 4.79. The van der Waals surface area contributed by atoms with Gasteiger partial charge in [-0.3, -0.25) is 9.59 Å². The van der Waals surface area contributed by atoms with E-state index in [1.54, 1.807) is 13.8 Å². The Morgan fingerprint density at radius 2 is 1.96 bits per heavy atom. The van der Waals surface area contributed by atoms with Crippen LogP contribution >= 0.6 is 11.3 Å². The van der Waals surface area contributed by atoms with Crippen molar-refractivity contribution in [2.45, 2.75) is 26.6 Å². The van der Waals surface area contributed by atoms with Crippen LogP contribution in [0.1, 0.15) is 26.4 Å². The summed E-state index contributed by atoms with van der Waals surface area (Å²) in [6.07, 6.45) is -3.72. The van der Waals surface area contributed by atoms with Gasteiger partial charge in [0.25, 0.3) is 5.56 Å². The fourth-order valence-electron chi connectivity index (χ4n) is 2.26. The highest BCUT2D eigenvalue weighted by atomic mass is 32.1. The zero-order valence-electron chi connectivity index (χ0n) is 14.1. The van der Waals surface area contributed by atoms with Crippen molar-refractivity contribution in [2.75, 3.05) is 12.4 Å². The zero-order valence-corrected chi connectivity index (χ0v) is 14.9. The van der Waals surface area contributed by atoms with Crippen LogP contribution in [0.3, 0.4) is 0 Å². The van der Waals surface area contributed by atoms with Crippen LogP contribution in [-0.2, 0) is 22.3 Å². The lowest BCUT2D eigenvalue weighted by molar-refractivity contribution is -0.139. The maximum atomic E-state index is 12.8. The number of thiophene rings is 1. The molecule has 0 spiro atoms. The summed E-state index contributed by atoms with van der Waals surface area (Å²) in [5, 5.41) is 2.68. The largest absolute Gasteiger partial charge is 0.465 e. The molecule has 0 aliphatic heterocycles. The molecule has 2 rings (SSSR count). The van der Waals surface area contributed by atoms with Gasteiger partial charge in [-0.25, -0.2) is 4.79 Å². The molecule has 0 aliphatic carbocycles. The summed E-state index contributed by atoms with van der Waals surface area (Å²) in [5.41, 5.74) is -1.86. The Labute approximate surface area is 150 Å². The van der Waals surface area contributed by atoms with E-state index in [4.69, 9.17) is 0 Å². The van der Waals surface area contributed by atoms with Crippen LogP contribution < -0.4 is 10.9 Å². The highest BCUT2D eigenvalue weighted by Gasteiger charge is 2.34. The van der Waals surface area contributed by atoms with Gasteiger partial charge in [-0.1, -0.05) is 0 Å². The minimum atomic E-state index is -4.81. The van der Waals surface area contributed by atoms with E-state index in [1.807, 2.05) is 0 Å². The number of nitrogens with one attached hydrogen (secondary N) is 1. The molecule has 0 radical (unpaired) electrons. The first kappa shape index (κ1) is 19.7. The van der Waals surface area contributed by atoms with Gasteiger partial charge in [-0.15, -0.1) is 11.3 Å². The topological polar surface area (TPSA) is 77.4 Å². The SMILES string of the molecule is COC(=O)c1c(NC(=O)Cn2cccc(C(F)(F)F)c2=O)sc(C)c1C. The molecule has 0 aliphatic rings. The number of carbonyl (C=O) groups excluding carboxylic acids is 2. The Bertz CT molecular complexity index is 915. The lowest BCUT2D eigenvalue weighted by atomic mass is 10.1. The summed E-state index contributed by atoms with van der Waals surface area (Å²) < 4.78 is 43.7. The highest BCUT2D eigenvalue weighted by molar-refractivity contribution is 7.16. The lowest BCUT2D eigenvalue weighted by Crippen LogP contribution is -2.32. The van der Waals surface area contributed by atoms with Gasteiger partial charge in [0, 0.05) is 11.1 Å². The smallest absolute Gasteiger partial charge is 0.421 e. The Morgan fingerprint density at radius 3 is 2.54 bits per heavy atom. The summed E-state index contributed by atoms with van der Waals surface area (Å²) in [4.78, 5) is 36.7. The number of alkyl halides is 3. The standard InChI is InChI=1S/C16H15F3N2O4S/c1-8-9(2)26-13(12(8)15(24)25-3)20-11(22)7-21-6-4-5-10(14(21)23)16(17,18)19/h4-6H,7H2,1-3H3,(H,20,22). The third-order valence-electron chi connectivity index (χ3n) is 3.67. The van der Waals surface area contributed by atoms with Gasteiger partial charge in [0.15, 0.2) is 0 Å². The summed E-state index contributed by atoms with van der Waals surface area (Å²) in [5.74, 6) is -1.38. The van der Waals surface area contributed by atoms with Gasteiger partial charge >= 0.3 is 12.1 Å². The van der Waals surface area contributed by atoms with Gasteiger partial charge in [-0.05, 0) is 31.5 Å². The molecule has 0 fully saturated rings. The first-order chi connectivity index (χ1) is 12.1. The number of rotatable bonds is 4. The van der Waals surface area contributed by atoms with Crippen molar-refractivity contribution >= 4 is 28.2 Å². The van der Waals surface area contributed by atoms with Crippen LogP contribution in [0.5, 0.6) is 0 Å². The molecule has 0 aromatic carbocycles.